The molecule has 0 bridgehead atoms. The number of carbonyl (C=O) groups is 2. The second-order valence-electron chi connectivity index (χ2n) is 3.40. The Morgan fingerprint density at radius 3 is 2.69 bits per heavy atom. The fourth-order valence-electron chi connectivity index (χ4n) is 1.12. The number of aromatic nitrogens is 2. The SMILES string of the molecule is CCCCC(=O)NNC(=O)Cn1cccn1. The molecule has 6 heteroatoms. The Morgan fingerprint density at radius 2 is 2.06 bits per heavy atom. The first-order chi connectivity index (χ1) is 7.72. The van der Waals surface area contributed by atoms with Crippen LogP contribution >= 0.6 is 0 Å². The summed E-state index contributed by atoms with van der Waals surface area (Å²) < 4.78 is 1.48. The van der Waals surface area contributed by atoms with Crippen molar-refractivity contribution in [1.29, 1.82) is 0 Å². The van der Waals surface area contributed by atoms with Gasteiger partial charge in [-0.15, -0.1) is 0 Å². The molecule has 0 saturated carbocycles. The predicted octanol–water partition coefficient (Wildman–Crippen LogP) is 0.221. The predicted molar refractivity (Wildman–Crippen MR) is 58.0 cm³/mol. The molecule has 0 aliphatic carbocycles. The number of amides is 2. The monoisotopic (exact) mass is 224 g/mol. The Kier molecular flexibility index (Phi) is 5.04. The zero-order valence-corrected chi connectivity index (χ0v) is 9.27. The van der Waals surface area contributed by atoms with Crippen molar-refractivity contribution >= 4 is 11.8 Å². The third-order valence-corrected chi connectivity index (χ3v) is 1.96. The molecule has 0 saturated heterocycles. The maximum Gasteiger partial charge on any atom is 0.260 e. The lowest BCUT2D eigenvalue weighted by molar-refractivity contribution is -0.129. The van der Waals surface area contributed by atoms with E-state index in [1.165, 1.54) is 4.68 Å². The number of unbranched alkanes of at least 4 members (excludes halogenated alkanes) is 1. The van der Waals surface area contributed by atoms with Crippen LogP contribution < -0.4 is 10.9 Å². The van der Waals surface area contributed by atoms with E-state index in [9.17, 15) is 9.59 Å². The summed E-state index contributed by atoms with van der Waals surface area (Å²) in [6.07, 6.45) is 5.47. The van der Waals surface area contributed by atoms with Gasteiger partial charge in [0.05, 0.1) is 0 Å². The smallest absolute Gasteiger partial charge is 0.260 e. The molecule has 0 fully saturated rings. The number of nitrogens with zero attached hydrogens (tertiary/aromatic N) is 2. The third-order valence-electron chi connectivity index (χ3n) is 1.96. The maximum absolute atomic E-state index is 11.3. The average Bonchev–Trinajstić information content (AvgIpc) is 2.76. The van der Waals surface area contributed by atoms with Gasteiger partial charge in [0.2, 0.25) is 5.91 Å². The fourth-order valence-corrected chi connectivity index (χ4v) is 1.12. The molecule has 1 heterocycles. The van der Waals surface area contributed by atoms with E-state index < -0.39 is 0 Å². The van der Waals surface area contributed by atoms with Gasteiger partial charge in [-0.2, -0.15) is 5.10 Å². The van der Waals surface area contributed by atoms with Crippen LogP contribution in [0, 0.1) is 0 Å². The summed E-state index contributed by atoms with van der Waals surface area (Å²) >= 11 is 0. The highest BCUT2D eigenvalue weighted by Crippen LogP contribution is 1.92. The van der Waals surface area contributed by atoms with Gasteiger partial charge in [0.15, 0.2) is 0 Å². The molecular weight excluding hydrogens is 208 g/mol. The quantitative estimate of drug-likeness (QED) is 0.702. The van der Waals surface area contributed by atoms with Gasteiger partial charge >= 0.3 is 0 Å². The Balaban J connectivity index is 2.17. The van der Waals surface area contributed by atoms with Gasteiger partial charge in [-0.05, 0) is 12.5 Å². The minimum absolute atomic E-state index is 0.0983. The van der Waals surface area contributed by atoms with E-state index in [1.54, 1.807) is 18.5 Å². The summed E-state index contributed by atoms with van der Waals surface area (Å²) in [6, 6.07) is 1.73. The molecule has 0 spiro atoms. The van der Waals surface area contributed by atoms with Gasteiger partial charge in [0, 0.05) is 18.8 Å². The number of hydrogen-bond donors (Lipinski definition) is 2. The van der Waals surface area contributed by atoms with Crippen molar-refractivity contribution in [2.45, 2.75) is 32.7 Å². The molecule has 88 valence electrons. The van der Waals surface area contributed by atoms with Crippen LogP contribution in [0.3, 0.4) is 0 Å². The van der Waals surface area contributed by atoms with Crippen molar-refractivity contribution in [3.8, 4) is 0 Å². The first-order valence-electron chi connectivity index (χ1n) is 5.27. The van der Waals surface area contributed by atoms with Crippen molar-refractivity contribution in [1.82, 2.24) is 20.6 Å². The van der Waals surface area contributed by atoms with E-state index in [0.29, 0.717) is 6.42 Å². The number of hydrazine groups is 1. The highest BCUT2D eigenvalue weighted by molar-refractivity contribution is 5.81. The van der Waals surface area contributed by atoms with Crippen LogP contribution in [0.1, 0.15) is 26.2 Å². The first-order valence-corrected chi connectivity index (χ1v) is 5.27. The van der Waals surface area contributed by atoms with Crippen molar-refractivity contribution in [3.63, 3.8) is 0 Å². The van der Waals surface area contributed by atoms with E-state index in [2.05, 4.69) is 16.0 Å². The van der Waals surface area contributed by atoms with Crippen molar-refractivity contribution in [2.75, 3.05) is 0 Å². The number of hydrogen-bond acceptors (Lipinski definition) is 3. The van der Waals surface area contributed by atoms with Crippen LogP contribution in [0.25, 0.3) is 0 Å². The lowest BCUT2D eigenvalue weighted by Crippen LogP contribution is -2.43. The lowest BCUT2D eigenvalue weighted by atomic mass is 10.2. The van der Waals surface area contributed by atoms with Gasteiger partial charge < -0.3 is 0 Å². The summed E-state index contributed by atoms with van der Waals surface area (Å²) in [5, 5.41) is 3.88. The molecule has 16 heavy (non-hydrogen) atoms. The van der Waals surface area contributed by atoms with Crippen molar-refractivity contribution in [2.24, 2.45) is 0 Å². The molecular formula is C10H16N4O2. The maximum atomic E-state index is 11.3. The molecule has 0 aliphatic heterocycles. The standard InChI is InChI=1S/C10H16N4O2/c1-2-3-5-9(15)12-13-10(16)8-14-7-4-6-11-14/h4,6-7H,2-3,5,8H2,1H3,(H,12,15)(H,13,16). The summed E-state index contributed by atoms with van der Waals surface area (Å²) in [7, 11) is 0. The van der Waals surface area contributed by atoms with Crippen molar-refractivity contribution in [3.05, 3.63) is 18.5 Å². The second-order valence-corrected chi connectivity index (χ2v) is 3.40. The molecule has 0 aromatic carbocycles. The molecule has 0 atom stereocenters. The van der Waals surface area contributed by atoms with Crippen molar-refractivity contribution < 1.29 is 9.59 Å². The van der Waals surface area contributed by atoms with Gasteiger partial charge in [-0.3, -0.25) is 25.1 Å². The minimum Gasteiger partial charge on any atom is -0.273 e. The summed E-state index contributed by atoms with van der Waals surface area (Å²) in [6.45, 7) is 2.10. The van der Waals surface area contributed by atoms with Gasteiger partial charge in [0.25, 0.3) is 5.91 Å². The van der Waals surface area contributed by atoms with Crippen LogP contribution in [-0.4, -0.2) is 21.6 Å². The van der Waals surface area contributed by atoms with Crippen LogP contribution in [-0.2, 0) is 16.1 Å². The molecule has 1 aromatic heterocycles. The Hall–Kier alpha value is -1.85. The zero-order valence-electron chi connectivity index (χ0n) is 9.27. The summed E-state index contributed by atoms with van der Waals surface area (Å²) in [5.41, 5.74) is 4.68. The topological polar surface area (TPSA) is 76.0 Å². The average molecular weight is 224 g/mol. The Labute approximate surface area is 94.0 Å². The fraction of sp³-hybridized carbons (Fsp3) is 0.500. The molecule has 2 amide bonds. The van der Waals surface area contributed by atoms with Gasteiger partial charge in [-0.1, -0.05) is 13.3 Å². The van der Waals surface area contributed by atoms with Crippen LogP contribution in [0.15, 0.2) is 18.5 Å². The van der Waals surface area contributed by atoms with E-state index in [1.807, 2.05) is 6.92 Å². The van der Waals surface area contributed by atoms with Gasteiger partial charge in [0.1, 0.15) is 6.54 Å². The normalized spacial score (nSPS) is 9.81. The van der Waals surface area contributed by atoms with E-state index in [-0.39, 0.29) is 18.4 Å². The van der Waals surface area contributed by atoms with Crippen LogP contribution in [0.5, 0.6) is 0 Å². The lowest BCUT2D eigenvalue weighted by Gasteiger charge is -2.06. The summed E-state index contributed by atoms with van der Waals surface area (Å²) in [4.78, 5) is 22.5. The largest absolute Gasteiger partial charge is 0.273 e. The molecule has 0 aliphatic rings. The minimum atomic E-state index is -0.298. The molecule has 0 unspecified atom stereocenters. The van der Waals surface area contributed by atoms with E-state index >= 15 is 0 Å². The highest BCUT2D eigenvalue weighted by atomic mass is 16.2. The Morgan fingerprint density at radius 1 is 1.31 bits per heavy atom. The second kappa shape index (κ2) is 6.60. The summed E-state index contributed by atoms with van der Waals surface area (Å²) in [5.74, 6) is -0.468. The molecule has 2 N–H and O–H groups in total. The molecule has 1 aromatic rings. The van der Waals surface area contributed by atoms with E-state index in [4.69, 9.17) is 0 Å². The molecule has 6 nitrogen and oxygen atoms in total. The number of carbonyl (C=O) groups excluding carboxylic acids is 2. The molecule has 1 rings (SSSR count). The number of rotatable bonds is 5. The highest BCUT2D eigenvalue weighted by Gasteiger charge is 2.04. The van der Waals surface area contributed by atoms with Crippen LogP contribution in [0.2, 0.25) is 0 Å². The third kappa shape index (κ3) is 4.59. The van der Waals surface area contributed by atoms with Gasteiger partial charge in [-0.25, -0.2) is 0 Å². The number of nitrogens with one attached hydrogen (secondary N) is 2. The molecule has 0 radical (unpaired) electrons. The Bertz CT molecular complexity index is 335. The first kappa shape index (κ1) is 12.2. The zero-order chi connectivity index (χ0) is 11.8. The van der Waals surface area contributed by atoms with Crippen LogP contribution in [0.4, 0.5) is 0 Å². The van der Waals surface area contributed by atoms with E-state index in [0.717, 1.165) is 12.8 Å².